The van der Waals surface area contributed by atoms with Gasteiger partial charge in [0.15, 0.2) is 5.65 Å². The Bertz CT molecular complexity index is 2030. The summed E-state index contributed by atoms with van der Waals surface area (Å²) in [6.45, 7) is 5.47. The van der Waals surface area contributed by atoms with E-state index in [0.29, 0.717) is 5.65 Å². The fraction of sp³-hybridized carbons (Fsp3) is 0.206. The number of nitrogens with one attached hydrogen (secondary N) is 1. The first-order valence-electron chi connectivity index (χ1n) is 14.2. The van der Waals surface area contributed by atoms with Gasteiger partial charge in [0, 0.05) is 59.4 Å². The lowest BCUT2D eigenvalue weighted by atomic mass is 9.93. The number of hydrogen-bond donors (Lipinski definition) is 2. The topological polar surface area (TPSA) is 91.2 Å². The molecule has 0 radical (unpaired) electrons. The first-order valence-corrected chi connectivity index (χ1v) is 15.6. The van der Waals surface area contributed by atoms with Crippen molar-refractivity contribution in [1.29, 1.82) is 0 Å². The van der Waals surface area contributed by atoms with E-state index in [0.717, 1.165) is 75.7 Å². The minimum atomic E-state index is -3.88. The zero-order valence-corrected chi connectivity index (χ0v) is 24.4. The Morgan fingerprint density at radius 2 is 1.60 bits per heavy atom. The number of benzene rings is 3. The summed E-state index contributed by atoms with van der Waals surface area (Å²) in [5.41, 5.74) is 6.56. The van der Waals surface area contributed by atoms with Gasteiger partial charge >= 0.3 is 0 Å². The van der Waals surface area contributed by atoms with Crippen LogP contribution in [-0.4, -0.2) is 46.2 Å². The molecule has 1 aliphatic heterocycles. The van der Waals surface area contributed by atoms with Gasteiger partial charge in [-0.2, -0.15) is 0 Å². The maximum absolute atomic E-state index is 13.9. The minimum Gasteiger partial charge on any atom is -0.390 e. The molecule has 6 aromatic rings. The molecule has 8 heteroatoms. The monoisotopic (exact) mass is 576 g/mol. The van der Waals surface area contributed by atoms with E-state index in [1.165, 1.54) is 3.97 Å². The van der Waals surface area contributed by atoms with Gasteiger partial charge in [0.05, 0.1) is 10.5 Å². The van der Waals surface area contributed by atoms with Crippen molar-refractivity contribution in [2.45, 2.75) is 37.2 Å². The quantitative estimate of drug-likeness (QED) is 0.237. The second-order valence-electron chi connectivity index (χ2n) is 11.6. The van der Waals surface area contributed by atoms with Gasteiger partial charge in [-0.05, 0) is 91.7 Å². The molecule has 212 valence electrons. The Balaban J connectivity index is 1.33. The number of aryl methyl sites for hydroxylation is 1. The number of anilines is 1. The highest BCUT2D eigenvalue weighted by Crippen LogP contribution is 2.36. The third-order valence-electron chi connectivity index (χ3n) is 8.46. The smallest absolute Gasteiger partial charge is 0.269 e. The van der Waals surface area contributed by atoms with E-state index >= 15 is 0 Å². The summed E-state index contributed by atoms with van der Waals surface area (Å²) in [6, 6.07) is 25.4. The fourth-order valence-corrected chi connectivity index (χ4v) is 7.13. The summed E-state index contributed by atoms with van der Waals surface area (Å²) in [5, 5.41) is 12.1. The SMILES string of the molecule is Cc1ccc(S(=O)(=O)n2cc(-c3ccc4[nH]ccc4c3)c3cc(-c4ccc(N5CCC(C)(O)CC5)cc4)cnc32)cc1. The van der Waals surface area contributed by atoms with E-state index in [1.807, 2.05) is 44.3 Å². The molecule has 42 heavy (non-hydrogen) atoms. The molecule has 1 saturated heterocycles. The summed E-state index contributed by atoms with van der Waals surface area (Å²) < 4.78 is 29.0. The summed E-state index contributed by atoms with van der Waals surface area (Å²) in [4.78, 5) is 10.5. The average Bonchev–Trinajstić information content (AvgIpc) is 3.62. The fourth-order valence-electron chi connectivity index (χ4n) is 5.81. The van der Waals surface area contributed by atoms with Crippen LogP contribution in [0.1, 0.15) is 25.3 Å². The van der Waals surface area contributed by atoms with Crippen molar-refractivity contribution in [3.05, 3.63) is 103 Å². The number of aliphatic hydroxyl groups is 1. The van der Waals surface area contributed by atoms with E-state index in [2.05, 4.69) is 40.2 Å². The van der Waals surface area contributed by atoms with Crippen LogP contribution in [0.5, 0.6) is 0 Å². The molecule has 3 aromatic heterocycles. The Morgan fingerprint density at radius 1 is 0.881 bits per heavy atom. The Hall–Kier alpha value is -4.40. The van der Waals surface area contributed by atoms with Gasteiger partial charge in [0.1, 0.15) is 0 Å². The second kappa shape index (κ2) is 9.86. The molecule has 1 fully saturated rings. The predicted octanol–water partition coefficient (Wildman–Crippen LogP) is 6.75. The zero-order valence-electron chi connectivity index (χ0n) is 23.6. The number of H-pyrrole nitrogens is 1. The number of rotatable bonds is 5. The molecule has 0 aliphatic carbocycles. The molecule has 7 rings (SSSR count). The zero-order chi connectivity index (χ0) is 29.1. The number of hydrogen-bond acceptors (Lipinski definition) is 5. The standard InChI is InChI=1S/C34H32N4O3S/c1-23-3-10-29(11-4-23)42(40,41)38-22-31(25-7-12-32-26(19-25)13-16-35-32)30-20-27(21-36-33(30)38)24-5-8-28(9-6-24)37-17-14-34(2,39)15-18-37/h3-13,16,19-22,35,39H,14-15,17-18H2,1-2H3. The molecule has 4 heterocycles. The van der Waals surface area contributed by atoms with Crippen molar-refractivity contribution in [1.82, 2.24) is 13.9 Å². The van der Waals surface area contributed by atoms with Gasteiger partial charge in [-0.25, -0.2) is 17.4 Å². The van der Waals surface area contributed by atoms with Crippen LogP contribution in [0.4, 0.5) is 5.69 Å². The number of fused-ring (bicyclic) bond motifs is 2. The van der Waals surface area contributed by atoms with E-state index < -0.39 is 15.6 Å². The second-order valence-corrected chi connectivity index (χ2v) is 13.4. The van der Waals surface area contributed by atoms with Crippen molar-refractivity contribution < 1.29 is 13.5 Å². The van der Waals surface area contributed by atoms with Gasteiger partial charge < -0.3 is 15.0 Å². The molecule has 7 nitrogen and oxygen atoms in total. The maximum atomic E-state index is 13.9. The molecular weight excluding hydrogens is 544 g/mol. The van der Waals surface area contributed by atoms with Gasteiger partial charge in [-0.15, -0.1) is 0 Å². The highest BCUT2D eigenvalue weighted by atomic mass is 32.2. The van der Waals surface area contributed by atoms with Crippen molar-refractivity contribution in [3.8, 4) is 22.3 Å². The van der Waals surface area contributed by atoms with Crippen LogP contribution >= 0.6 is 0 Å². The van der Waals surface area contributed by atoms with Crippen molar-refractivity contribution in [2.24, 2.45) is 0 Å². The summed E-state index contributed by atoms with van der Waals surface area (Å²) >= 11 is 0. The lowest BCUT2D eigenvalue weighted by Crippen LogP contribution is -2.42. The van der Waals surface area contributed by atoms with Crippen LogP contribution in [0.25, 0.3) is 44.2 Å². The van der Waals surface area contributed by atoms with Crippen molar-refractivity contribution in [3.63, 3.8) is 0 Å². The van der Waals surface area contributed by atoms with Crippen LogP contribution in [0, 0.1) is 6.92 Å². The first-order chi connectivity index (χ1) is 20.2. The van der Waals surface area contributed by atoms with E-state index in [1.54, 1.807) is 36.7 Å². The summed E-state index contributed by atoms with van der Waals surface area (Å²) in [6.07, 6.45) is 6.83. The highest BCUT2D eigenvalue weighted by Gasteiger charge is 2.27. The largest absolute Gasteiger partial charge is 0.390 e. The maximum Gasteiger partial charge on any atom is 0.269 e. The van der Waals surface area contributed by atoms with Crippen LogP contribution in [0.3, 0.4) is 0 Å². The summed E-state index contributed by atoms with van der Waals surface area (Å²) in [5.74, 6) is 0. The molecule has 0 unspecified atom stereocenters. The summed E-state index contributed by atoms with van der Waals surface area (Å²) in [7, 11) is -3.88. The molecular formula is C34H32N4O3S. The molecule has 0 spiro atoms. The minimum absolute atomic E-state index is 0.221. The number of piperidine rings is 1. The Kier molecular flexibility index (Phi) is 6.22. The van der Waals surface area contributed by atoms with Crippen LogP contribution in [0.15, 0.2) is 102 Å². The average molecular weight is 577 g/mol. The van der Waals surface area contributed by atoms with Gasteiger partial charge in [-0.1, -0.05) is 35.9 Å². The Labute approximate surface area is 245 Å². The van der Waals surface area contributed by atoms with Crippen LogP contribution < -0.4 is 4.90 Å². The number of aromatic amines is 1. The Morgan fingerprint density at radius 3 is 2.33 bits per heavy atom. The molecule has 0 atom stereocenters. The van der Waals surface area contributed by atoms with E-state index in [4.69, 9.17) is 4.98 Å². The molecule has 3 aromatic carbocycles. The van der Waals surface area contributed by atoms with Crippen molar-refractivity contribution in [2.75, 3.05) is 18.0 Å². The molecule has 0 amide bonds. The third-order valence-corrected chi connectivity index (χ3v) is 10.1. The molecule has 1 aliphatic rings. The van der Waals surface area contributed by atoms with E-state index in [-0.39, 0.29) is 4.90 Å². The molecule has 2 N–H and O–H groups in total. The third kappa shape index (κ3) is 4.66. The number of aromatic nitrogens is 3. The van der Waals surface area contributed by atoms with Gasteiger partial charge in [-0.3, -0.25) is 0 Å². The van der Waals surface area contributed by atoms with Crippen LogP contribution in [-0.2, 0) is 10.0 Å². The molecule has 0 bridgehead atoms. The lowest BCUT2D eigenvalue weighted by molar-refractivity contribution is 0.0351. The number of pyridine rings is 1. The van der Waals surface area contributed by atoms with Gasteiger partial charge in [0.25, 0.3) is 10.0 Å². The lowest BCUT2D eigenvalue weighted by Gasteiger charge is -2.37. The van der Waals surface area contributed by atoms with E-state index in [9.17, 15) is 13.5 Å². The highest BCUT2D eigenvalue weighted by molar-refractivity contribution is 7.90. The van der Waals surface area contributed by atoms with Gasteiger partial charge in [0.2, 0.25) is 0 Å². The number of nitrogens with zero attached hydrogens (tertiary/aromatic N) is 3. The van der Waals surface area contributed by atoms with Crippen molar-refractivity contribution >= 4 is 37.6 Å². The normalized spacial score (nSPS) is 15.5. The molecule has 0 saturated carbocycles. The first kappa shape index (κ1) is 26.5. The van der Waals surface area contributed by atoms with Crippen LogP contribution in [0.2, 0.25) is 0 Å². The predicted molar refractivity (Wildman–Crippen MR) is 168 cm³/mol.